The van der Waals surface area contributed by atoms with Crippen LogP contribution >= 0.6 is 12.2 Å². The average molecular weight is 236 g/mol. The van der Waals surface area contributed by atoms with Crippen molar-refractivity contribution in [3.63, 3.8) is 0 Å². The Labute approximate surface area is 106 Å². The topological polar surface area (TPSA) is 0 Å². The van der Waals surface area contributed by atoms with Gasteiger partial charge in [0.2, 0.25) is 0 Å². The summed E-state index contributed by atoms with van der Waals surface area (Å²) in [6, 6.07) is 19.2. The van der Waals surface area contributed by atoms with Crippen molar-refractivity contribution in [2.24, 2.45) is 0 Å². The number of hydrogen-bond donors (Lipinski definition) is 0. The number of hydrogen-bond acceptors (Lipinski definition) is 1. The van der Waals surface area contributed by atoms with E-state index >= 15 is 0 Å². The fraction of sp³-hybridized carbons (Fsp3) is 0.0625. The molecule has 82 valence electrons. The molecule has 0 aromatic heterocycles. The molecule has 0 N–H and O–H groups in total. The summed E-state index contributed by atoms with van der Waals surface area (Å²) in [6.45, 7) is 1.99. The zero-order valence-electron chi connectivity index (χ0n) is 9.60. The van der Waals surface area contributed by atoms with Gasteiger partial charge in [-0.1, -0.05) is 54.7 Å². The first-order valence-corrected chi connectivity index (χ1v) is 6.09. The Balaban J connectivity index is 2.47. The molecule has 0 saturated carbocycles. The second kappa shape index (κ2) is 3.94. The number of benzene rings is 3. The molecule has 0 bridgehead atoms. The van der Waals surface area contributed by atoms with Crippen LogP contribution in [-0.4, -0.2) is 4.86 Å². The van der Waals surface area contributed by atoms with Crippen LogP contribution in [0.4, 0.5) is 0 Å². The highest BCUT2D eigenvalue weighted by Crippen LogP contribution is 2.25. The molecular weight excluding hydrogens is 224 g/mol. The van der Waals surface area contributed by atoms with Crippen LogP contribution in [-0.2, 0) is 0 Å². The molecule has 0 spiro atoms. The van der Waals surface area contributed by atoms with Crippen molar-refractivity contribution in [1.29, 1.82) is 0 Å². The highest BCUT2D eigenvalue weighted by Gasteiger charge is 2.03. The second-order valence-corrected chi connectivity index (χ2v) is 4.89. The molecule has 3 aromatic rings. The maximum Gasteiger partial charge on any atom is 0.0199 e. The molecule has 0 atom stereocenters. The fourth-order valence-corrected chi connectivity index (χ4v) is 2.45. The minimum atomic E-state index is 0.950. The minimum absolute atomic E-state index is 0.950. The van der Waals surface area contributed by atoms with E-state index in [1.54, 1.807) is 0 Å². The van der Waals surface area contributed by atoms with Gasteiger partial charge in [0.25, 0.3) is 0 Å². The normalized spacial score (nSPS) is 10.9. The van der Waals surface area contributed by atoms with E-state index in [-0.39, 0.29) is 0 Å². The molecule has 1 heteroatoms. The van der Waals surface area contributed by atoms with E-state index < -0.39 is 0 Å². The van der Waals surface area contributed by atoms with Gasteiger partial charge in [-0.3, -0.25) is 0 Å². The van der Waals surface area contributed by atoms with Gasteiger partial charge in [-0.05, 0) is 46.2 Å². The van der Waals surface area contributed by atoms with Crippen LogP contribution < -0.4 is 0 Å². The van der Waals surface area contributed by atoms with Gasteiger partial charge in [0.05, 0.1) is 0 Å². The summed E-state index contributed by atoms with van der Waals surface area (Å²) >= 11 is 5.31. The zero-order chi connectivity index (χ0) is 11.8. The molecule has 0 aliphatic rings. The van der Waals surface area contributed by atoms with Gasteiger partial charge in [0.1, 0.15) is 0 Å². The van der Waals surface area contributed by atoms with E-state index in [4.69, 9.17) is 12.2 Å². The van der Waals surface area contributed by atoms with Crippen molar-refractivity contribution in [3.8, 4) is 0 Å². The lowest BCUT2D eigenvalue weighted by Gasteiger charge is -2.07. The molecule has 0 radical (unpaired) electrons. The predicted molar refractivity (Wildman–Crippen MR) is 78.8 cm³/mol. The second-order valence-electron chi connectivity index (χ2n) is 4.28. The van der Waals surface area contributed by atoms with Crippen molar-refractivity contribution in [3.05, 3.63) is 60.2 Å². The summed E-state index contributed by atoms with van der Waals surface area (Å²) < 4.78 is 0. The van der Waals surface area contributed by atoms with Gasteiger partial charge in [-0.2, -0.15) is 0 Å². The molecule has 0 heterocycles. The Kier molecular flexibility index (Phi) is 2.41. The summed E-state index contributed by atoms with van der Waals surface area (Å²) in [6.07, 6.45) is 0. The van der Waals surface area contributed by atoms with Gasteiger partial charge >= 0.3 is 0 Å². The SMILES string of the molecule is CC(=S)c1cccc2cc3ccccc3cc12. The standard InChI is InChI=1S/C16H12S/c1-11(17)15-8-4-7-14-9-12-5-2-3-6-13(12)10-16(14)15/h2-10H,1H3. The summed E-state index contributed by atoms with van der Waals surface area (Å²) in [5.74, 6) is 0. The Morgan fingerprint density at radius 3 is 2.18 bits per heavy atom. The third-order valence-corrected chi connectivity index (χ3v) is 3.35. The fourth-order valence-electron chi connectivity index (χ4n) is 2.27. The molecule has 0 saturated heterocycles. The lowest BCUT2D eigenvalue weighted by molar-refractivity contribution is 1.72. The van der Waals surface area contributed by atoms with E-state index in [0.717, 1.165) is 4.86 Å². The molecule has 3 rings (SSSR count). The molecule has 0 fully saturated rings. The third kappa shape index (κ3) is 1.73. The molecule has 17 heavy (non-hydrogen) atoms. The van der Waals surface area contributed by atoms with Crippen LogP contribution in [0.2, 0.25) is 0 Å². The van der Waals surface area contributed by atoms with Crippen LogP contribution in [0.5, 0.6) is 0 Å². The number of rotatable bonds is 1. The number of fused-ring (bicyclic) bond motifs is 2. The first kappa shape index (κ1) is 10.4. The molecule has 0 unspecified atom stereocenters. The Hall–Kier alpha value is -1.73. The Morgan fingerprint density at radius 1 is 0.824 bits per heavy atom. The van der Waals surface area contributed by atoms with E-state index in [1.165, 1.54) is 27.1 Å². The molecule has 0 nitrogen and oxygen atoms in total. The highest BCUT2D eigenvalue weighted by molar-refractivity contribution is 7.80. The van der Waals surface area contributed by atoms with Gasteiger partial charge in [0, 0.05) is 4.86 Å². The maximum absolute atomic E-state index is 5.31. The van der Waals surface area contributed by atoms with Crippen LogP contribution in [0.1, 0.15) is 12.5 Å². The quantitative estimate of drug-likeness (QED) is 0.334. The van der Waals surface area contributed by atoms with Gasteiger partial charge in [-0.25, -0.2) is 0 Å². The lowest BCUT2D eigenvalue weighted by Crippen LogP contribution is -1.91. The molecular formula is C16H12S. The minimum Gasteiger partial charge on any atom is -0.0846 e. The maximum atomic E-state index is 5.31. The third-order valence-electron chi connectivity index (χ3n) is 3.13. The van der Waals surface area contributed by atoms with E-state index in [1.807, 2.05) is 6.92 Å². The van der Waals surface area contributed by atoms with Crippen molar-refractivity contribution in [2.75, 3.05) is 0 Å². The monoisotopic (exact) mass is 236 g/mol. The van der Waals surface area contributed by atoms with E-state index in [0.29, 0.717) is 0 Å². The first-order valence-electron chi connectivity index (χ1n) is 5.68. The predicted octanol–water partition coefficient (Wildman–Crippen LogP) is 4.73. The van der Waals surface area contributed by atoms with Gasteiger partial charge < -0.3 is 0 Å². The van der Waals surface area contributed by atoms with E-state index in [2.05, 4.69) is 54.6 Å². The van der Waals surface area contributed by atoms with Crippen LogP contribution in [0.3, 0.4) is 0 Å². The van der Waals surface area contributed by atoms with Gasteiger partial charge in [-0.15, -0.1) is 0 Å². The molecule has 0 amide bonds. The van der Waals surface area contributed by atoms with Gasteiger partial charge in [0.15, 0.2) is 0 Å². The summed E-state index contributed by atoms with van der Waals surface area (Å²) in [5.41, 5.74) is 1.17. The average Bonchev–Trinajstić information content (AvgIpc) is 2.35. The van der Waals surface area contributed by atoms with Crippen molar-refractivity contribution in [2.45, 2.75) is 6.92 Å². The van der Waals surface area contributed by atoms with Crippen molar-refractivity contribution in [1.82, 2.24) is 0 Å². The smallest absolute Gasteiger partial charge is 0.0199 e. The molecule has 3 aromatic carbocycles. The van der Waals surface area contributed by atoms with Crippen LogP contribution in [0, 0.1) is 0 Å². The zero-order valence-corrected chi connectivity index (χ0v) is 10.4. The highest BCUT2D eigenvalue weighted by atomic mass is 32.1. The summed E-state index contributed by atoms with van der Waals surface area (Å²) in [5, 5.41) is 5.05. The number of thiocarbonyl (C=S) groups is 1. The first-order chi connectivity index (χ1) is 8.25. The largest absolute Gasteiger partial charge is 0.0846 e. The molecule has 0 aliphatic carbocycles. The van der Waals surface area contributed by atoms with Crippen molar-refractivity contribution >= 4 is 38.6 Å². The van der Waals surface area contributed by atoms with Crippen LogP contribution in [0.25, 0.3) is 21.5 Å². The summed E-state index contributed by atoms with van der Waals surface area (Å²) in [4.78, 5) is 0.950. The lowest BCUT2D eigenvalue weighted by atomic mass is 9.98. The van der Waals surface area contributed by atoms with E-state index in [9.17, 15) is 0 Å². The Morgan fingerprint density at radius 2 is 1.47 bits per heavy atom. The summed E-state index contributed by atoms with van der Waals surface area (Å²) in [7, 11) is 0. The Bertz CT molecular complexity index is 726. The van der Waals surface area contributed by atoms with Crippen molar-refractivity contribution < 1.29 is 0 Å². The molecule has 0 aliphatic heterocycles. The van der Waals surface area contributed by atoms with Crippen LogP contribution in [0.15, 0.2) is 54.6 Å².